The zero-order valence-corrected chi connectivity index (χ0v) is 20.3. The highest BCUT2D eigenvalue weighted by atomic mass is 16.6. The number of rotatable bonds is 6. The lowest BCUT2D eigenvalue weighted by molar-refractivity contribution is -0.384. The average molecular weight is 481 g/mol. The van der Waals surface area contributed by atoms with E-state index in [0.29, 0.717) is 37.8 Å². The van der Waals surface area contributed by atoms with E-state index in [4.69, 9.17) is 4.74 Å². The van der Waals surface area contributed by atoms with Gasteiger partial charge in [-0.25, -0.2) is 4.79 Å². The Morgan fingerprint density at radius 1 is 0.971 bits per heavy atom. The maximum Gasteiger partial charge on any atom is 0.339 e. The zero-order valence-electron chi connectivity index (χ0n) is 20.3. The largest absolute Gasteiger partial charge is 0.449 e. The maximum absolute atomic E-state index is 12.9. The second-order valence-electron chi connectivity index (χ2n) is 9.33. The van der Waals surface area contributed by atoms with Crippen LogP contribution >= 0.6 is 0 Å². The Bertz CT molecular complexity index is 1060. The van der Waals surface area contributed by atoms with Crippen molar-refractivity contribution in [3.8, 4) is 0 Å². The first-order valence-electron chi connectivity index (χ1n) is 12.2. The number of ether oxygens (including phenoxy) is 1. The van der Waals surface area contributed by atoms with E-state index in [-0.39, 0.29) is 17.2 Å². The van der Waals surface area contributed by atoms with Gasteiger partial charge in [-0.05, 0) is 49.9 Å². The van der Waals surface area contributed by atoms with Gasteiger partial charge in [-0.3, -0.25) is 14.9 Å². The summed E-state index contributed by atoms with van der Waals surface area (Å²) in [5, 5.41) is 11.7. The number of para-hydroxylation sites is 1. The predicted molar refractivity (Wildman–Crippen MR) is 134 cm³/mol. The Balaban J connectivity index is 1.37. The molecule has 2 fully saturated rings. The molecule has 0 aromatic heterocycles. The highest BCUT2D eigenvalue weighted by Gasteiger charge is 2.29. The Morgan fingerprint density at radius 2 is 1.63 bits per heavy atom. The summed E-state index contributed by atoms with van der Waals surface area (Å²) in [7, 11) is 0. The van der Waals surface area contributed by atoms with Crippen molar-refractivity contribution in [3.63, 3.8) is 0 Å². The monoisotopic (exact) mass is 480 g/mol. The summed E-state index contributed by atoms with van der Waals surface area (Å²) < 4.78 is 5.42. The molecule has 186 valence electrons. The summed E-state index contributed by atoms with van der Waals surface area (Å²) in [6, 6.07) is 14.4. The van der Waals surface area contributed by atoms with E-state index in [2.05, 4.69) is 11.8 Å². The molecular weight excluding hydrogens is 448 g/mol. The van der Waals surface area contributed by atoms with Crippen molar-refractivity contribution < 1.29 is 19.2 Å². The van der Waals surface area contributed by atoms with Crippen LogP contribution in [0.3, 0.4) is 0 Å². The third kappa shape index (κ3) is 5.72. The van der Waals surface area contributed by atoms with Crippen LogP contribution in [0, 0.1) is 16.0 Å². The third-order valence-corrected chi connectivity index (χ3v) is 6.88. The summed E-state index contributed by atoms with van der Waals surface area (Å²) in [5.41, 5.74) is 1.58. The number of piperidine rings is 1. The van der Waals surface area contributed by atoms with Crippen LogP contribution in [-0.2, 0) is 9.53 Å². The number of benzene rings is 2. The lowest BCUT2D eigenvalue weighted by Gasteiger charge is -2.37. The minimum atomic E-state index is -0.979. The summed E-state index contributed by atoms with van der Waals surface area (Å²) >= 11 is 0. The number of esters is 1. The highest BCUT2D eigenvalue weighted by Crippen LogP contribution is 2.32. The van der Waals surface area contributed by atoms with Crippen molar-refractivity contribution in [1.29, 1.82) is 0 Å². The van der Waals surface area contributed by atoms with Gasteiger partial charge in [0, 0.05) is 51.0 Å². The number of amides is 1. The van der Waals surface area contributed by atoms with E-state index >= 15 is 0 Å². The quantitative estimate of drug-likeness (QED) is 0.353. The van der Waals surface area contributed by atoms with Crippen molar-refractivity contribution in [2.24, 2.45) is 5.92 Å². The van der Waals surface area contributed by atoms with Crippen LogP contribution in [0.25, 0.3) is 0 Å². The third-order valence-electron chi connectivity index (χ3n) is 6.88. The number of nitrogens with zero attached hydrogens (tertiary/aromatic N) is 4. The molecule has 0 aliphatic carbocycles. The molecule has 0 bridgehead atoms. The zero-order chi connectivity index (χ0) is 24.9. The molecule has 1 atom stereocenters. The van der Waals surface area contributed by atoms with Gasteiger partial charge in [0.1, 0.15) is 5.69 Å². The van der Waals surface area contributed by atoms with Crippen LogP contribution in [0.1, 0.15) is 37.0 Å². The molecule has 2 aliphatic rings. The minimum Gasteiger partial charge on any atom is -0.449 e. The van der Waals surface area contributed by atoms with E-state index in [1.807, 2.05) is 35.2 Å². The van der Waals surface area contributed by atoms with Crippen LogP contribution in [0.5, 0.6) is 0 Å². The summed E-state index contributed by atoms with van der Waals surface area (Å²) in [6.07, 6.45) is 0.966. The fraction of sp³-hybridized carbons (Fsp3) is 0.462. The van der Waals surface area contributed by atoms with Gasteiger partial charge >= 0.3 is 5.97 Å². The van der Waals surface area contributed by atoms with E-state index in [1.165, 1.54) is 6.07 Å². The molecule has 2 aromatic carbocycles. The molecular formula is C26H32N4O5. The van der Waals surface area contributed by atoms with Crippen molar-refractivity contribution in [2.45, 2.75) is 32.8 Å². The first kappa shape index (κ1) is 24.5. The first-order chi connectivity index (χ1) is 16.8. The number of hydrogen-bond donors (Lipinski definition) is 0. The number of carbonyl (C=O) groups is 2. The van der Waals surface area contributed by atoms with Crippen LogP contribution in [-0.4, -0.2) is 67.1 Å². The Labute approximate surface area is 205 Å². The number of piperazine rings is 1. The molecule has 2 heterocycles. The summed E-state index contributed by atoms with van der Waals surface area (Å²) in [4.78, 5) is 42.8. The lowest BCUT2D eigenvalue weighted by Crippen LogP contribution is -2.51. The van der Waals surface area contributed by atoms with Gasteiger partial charge in [0.05, 0.1) is 10.5 Å². The van der Waals surface area contributed by atoms with Gasteiger partial charge in [0.25, 0.3) is 11.6 Å². The first-order valence-corrected chi connectivity index (χ1v) is 12.2. The molecule has 2 aromatic rings. The fourth-order valence-corrected chi connectivity index (χ4v) is 4.67. The molecule has 1 unspecified atom stereocenters. The number of carbonyl (C=O) groups excluding carboxylic acids is 2. The van der Waals surface area contributed by atoms with Gasteiger partial charge in [-0.2, -0.15) is 0 Å². The van der Waals surface area contributed by atoms with E-state index in [9.17, 15) is 19.7 Å². The van der Waals surface area contributed by atoms with Gasteiger partial charge in [0.15, 0.2) is 6.10 Å². The lowest BCUT2D eigenvalue weighted by atomic mass is 9.98. The smallest absolute Gasteiger partial charge is 0.339 e. The Kier molecular flexibility index (Phi) is 7.53. The van der Waals surface area contributed by atoms with E-state index < -0.39 is 17.0 Å². The average Bonchev–Trinajstić information content (AvgIpc) is 2.89. The van der Waals surface area contributed by atoms with Gasteiger partial charge < -0.3 is 19.4 Å². The van der Waals surface area contributed by atoms with Crippen LogP contribution in [0.15, 0.2) is 48.5 Å². The predicted octanol–water partition coefficient (Wildman–Crippen LogP) is 3.73. The second kappa shape index (κ2) is 10.8. The standard InChI is InChI=1S/C26H32N4O5/c1-19-10-12-28(13-11-19)23-9-8-21(18-24(23)30(33)34)26(32)35-20(2)25(31)29-16-14-27(15-17-29)22-6-4-3-5-7-22/h3-9,18-20H,10-17H2,1-2H3. The number of nitro groups is 1. The molecule has 35 heavy (non-hydrogen) atoms. The highest BCUT2D eigenvalue weighted by molar-refractivity contribution is 5.93. The SMILES string of the molecule is CC1CCN(c2ccc(C(=O)OC(C)C(=O)N3CCN(c4ccccc4)CC3)cc2[N+](=O)[O-])CC1. The molecule has 0 radical (unpaired) electrons. The van der Waals surface area contributed by atoms with Crippen LogP contribution in [0.4, 0.5) is 17.1 Å². The minimum absolute atomic E-state index is 0.0689. The molecule has 9 heteroatoms. The van der Waals surface area contributed by atoms with Crippen LogP contribution in [0.2, 0.25) is 0 Å². The van der Waals surface area contributed by atoms with Gasteiger partial charge in [-0.1, -0.05) is 25.1 Å². The molecule has 2 saturated heterocycles. The summed E-state index contributed by atoms with van der Waals surface area (Å²) in [6.45, 7) is 7.66. The molecule has 0 spiro atoms. The Morgan fingerprint density at radius 3 is 2.26 bits per heavy atom. The molecule has 0 saturated carbocycles. The van der Waals surface area contributed by atoms with Gasteiger partial charge in [0.2, 0.25) is 0 Å². The molecule has 2 aliphatic heterocycles. The molecule has 9 nitrogen and oxygen atoms in total. The molecule has 4 rings (SSSR count). The van der Waals surface area contributed by atoms with Crippen molar-refractivity contribution >= 4 is 28.9 Å². The van der Waals surface area contributed by atoms with E-state index in [0.717, 1.165) is 31.6 Å². The normalized spacial score (nSPS) is 17.7. The van der Waals surface area contributed by atoms with Gasteiger partial charge in [-0.15, -0.1) is 0 Å². The van der Waals surface area contributed by atoms with E-state index in [1.54, 1.807) is 24.0 Å². The van der Waals surface area contributed by atoms with Crippen molar-refractivity contribution in [1.82, 2.24) is 4.90 Å². The number of anilines is 2. The fourth-order valence-electron chi connectivity index (χ4n) is 4.67. The number of hydrogen-bond acceptors (Lipinski definition) is 7. The van der Waals surface area contributed by atoms with Crippen molar-refractivity contribution in [2.75, 3.05) is 49.1 Å². The van der Waals surface area contributed by atoms with Crippen LogP contribution < -0.4 is 9.80 Å². The van der Waals surface area contributed by atoms with Crippen molar-refractivity contribution in [3.05, 3.63) is 64.2 Å². The Hall–Kier alpha value is -3.62. The molecule has 0 N–H and O–H groups in total. The number of nitro benzene ring substituents is 1. The molecule has 1 amide bonds. The second-order valence-corrected chi connectivity index (χ2v) is 9.33. The topological polar surface area (TPSA) is 96.2 Å². The summed E-state index contributed by atoms with van der Waals surface area (Å²) in [5.74, 6) is -0.407. The maximum atomic E-state index is 12.9.